The van der Waals surface area contributed by atoms with Crippen LogP contribution in [0.15, 0.2) is 24.3 Å². The number of hydrogen-bond donors (Lipinski definition) is 2. The Morgan fingerprint density at radius 1 is 1.08 bits per heavy atom. The summed E-state index contributed by atoms with van der Waals surface area (Å²) < 4.78 is 10.4. The maximum atomic E-state index is 12.2. The molecule has 24 heavy (non-hydrogen) atoms. The number of nitrogens with one attached hydrogen (secondary N) is 1. The third-order valence-electron chi connectivity index (χ3n) is 4.28. The Labute approximate surface area is 141 Å². The molecular weight excluding hydrogens is 310 g/mol. The Bertz CT molecular complexity index is 610. The molecule has 130 valence electrons. The predicted molar refractivity (Wildman–Crippen MR) is 90.2 cm³/mol. The second-order valence-corrected chi connectivity index (χ2v) is 5.92. The molecule has 0 unspecified atom stereocenters. The monoisotopic (exact) mass is 333 g/mol. The molecule has 0 saturated heterocycles. The van der Waals surface area contributed by atoms with Crippen LogP contribution in [0.5, 0.6) is 11.5 Å². The van der Waals surface area contributed by atoms with E-state index in [0.717, 1.165) is 24.8 Å². The highest BCUT2D eigenvalue weighted by atomic mass is 16.5. The molecule has 1 aromatic carbocycles. The van der Waals surface area contributed by atoms with Gasteiger partial charge in [0.15, 0.2) is 0 Å². The maximum Gasteiger partial charge on any atom is 0.329 e. The highest BCUT2D eigenvalue weighted by Gasteiger charge is 2.40. The third kappa shape index (κ3) is 4.28. The quantitative estimate of drug-likeness (QED) is 0.782. The van der Waals surface area contributed by atoms with Gasteiger partial charge in [-0.25, -0.2) is 4.79 Å². The number of rotatable bonds is 6. The van der Waals surface area contributed by atoms with Gasteiger partial charge in [-0.3, -0.25) is 4.79 Å². The summed E-state index contributed by atoms with van der Waals surface area (Å²) in [5.74, 6) is -0.152. The minimum absolute atomic E-state index is 0.416. The van der Waals surface area contributed by atoms with Crippen molar-refractivity contribution in [3.8, 4) is 11.5 Å². The lowest BCUT2D eigenvalue weighted by molar-refractivity contribution is -0.148. The second kappa shape index (κ2) is 7.86. The Hall–Kier alpha value is -2.50. The number of carboxylic acid groups (broad SMARTS) is 1. The van der Waals surface area contributed by atoms with Gasteiger partial charge in [-0.15, -0.1) is 0 Å². The van der Waals surface area contributed by atoms with Gasteiger partial charge in [0, 0.05) is 12.1 Å². The van der Waals surface area contributed by atoms with Gasteiger partial charge in [-0.05, 0) is 36.6 Å². The fraction of sp³-hybridized carbons (Fsp3) is 0.444. The molecule has 1 aliphatic rings. The van der Waals surface area contributed by atoms with Gasteiger partial charge in [-0.1, -0.05) is 19.3 Å². The molecule has 1 aromatic rings. The van der Waals surface area contributed by atoms with E-state index < -0.39 is 17.4 Å². The standard InChI is InChI=1S/C18H23NO5/c1-23-14-10-13(11-15(12-14)24-2)6-7-16(20)19-18(17(21)22)8-4-3-5-9-18/h6-7,10-12H,3-5,8-9H2,1-2H3,(H,19,20)(H,21,22)/b7-6-. The summed E-state index contributed by atoms with van der Waals surface area (Å²) in [6.45, 7) is 0. The molecule has 2 rings (SSSR count). The van der Waals surface area contributed by atoms with E-state index in [1.54, 1.807) is 38.5 Å². The van der Waals surface area contributed by atoms with E-state index in [1.165, 1.54) is 6.08 Å². The molecule has 6 heteroatoms. The summed E-state index contributed by atoms with van der Waals surface area (Å²) in [4.78, 5) is 23.8. The topological polar surface area (TPSA) is 84.9 Å². The Kier molecular flexibility index (Phi) is 5.84. The first-order valence-electron chi connectivity index (χ1n) is 7.96. The molecule has 0 aromatic heterocycles. The number of aliphatic carboxylic acids is 1. The first-order chi connectivity index (χ1) is 11.5. The van der Waals surface area contributed by atoms with Crippen molar-refractivity contribution in [2.24, 2.45) is 0 Å². The van der Waals surface area contributed by atoms with Gasteiger partial charge in [0.1, 0.15) is 17.0 Å². The maximum absolute atomic E-state index is 12.2. The average molecular weight is 333 g/mol. The molecule has 1 aliphatic carbocycles. The number of hydrogen-bond acceptors (Lipinski definition) is 4. The second-order valence-electron chi connectivity index (χ2n) is 5.92. The molecule has 2 N–H and O–H groups in total. The van der Waals surface area contributed by atoms with Crippen LogP contribution in [0.3, 0.4) is 0 Å². The van der Waals surface area contributed by atoms with E-state index in [2.05, 4.69) is 5.32 Å². The molecule has 1 amide bonds. The first-order valence-corrected chi connectivity index (χ1v) is 7.96. The van der Waals surface area contributed by atoms with Crippen molar-refractivity contribution in [3.63, 3.8) is 0 Å². The van der Waals surface area contributed by atoms with Crippen molar-refractivity contribution in [2.75, 3.05) is 14.2 Å². The van der Waals surface area contributed by atoms with Crippen LogP contribution in [-0.2, 0) is 9.59 Å². The highest BCUT2D eigenvalue weighted by Crippen LogP contribution is 2.28. The minimum atomic E-state index is -1.15. The lowest BCUT2D eigenvalue weighted by Gasteiger charge is -2.33. The zero-order valence-electron chi connectivity index (χ0n) is 14.0. The first kappa shape index (κ1) is 17.8. The molecule has 0 atom stereocenters. The molecule has 0 aliphatic heterocycles. The Morgan fingerprint density at radius 3 is 2.17 bits per heavy atom. The van der Waals surface area contributed by atoms with Crippen molar-refractivity contribution < 1.29 is 24.2 Å². The molecule has 0 heterocycles. The van der Waals surface area contributed by atoms with Gasteiger partial charge in [0.05, 0.1) is 14.2 Å². The Morgan fingerprint density at radius 2 is 1.67 bits per heavy atom. The van der Waals surface area contributed by atoms with Crippen LogP contribution in [0, 0.1) is 0 Å². The van der Waals surface area contributed by atoms with E-state index in [1.807, 2.05) is 0 Å². The number of ether oxygens (including phenoxy) is 2. The molecule has 1 fully saturated rings. The van der Waals surface area contributed by atoms with Crippen molar-refractivity contribution >= 4 is 18.0 Å². The number of methoxy groups -OCH3 is 2. The highest BCUT2D eigenvalue weighted by molar-refractivity contribution is 5.96. The third-order valence-corrected chi connectivity index (χ3v) is 4.28. The summed E-state index contributed by atoms with van der Waals surface area (Å²) in [7, 11) is 3.10. The predicted octanol–water partition coefficient (Wildman–Crippen LogP) is 2.62. The lowest BCUT2D eigenvalue weighted by atomic mass is 9.81. The van der Waals surface area contributed by atoms with E-state index in [-0.39, 0.29) is 0 Å². The van der Waals surface area contributed by atoms with E-state index >= 15 is 0 Å². The summed E-state index contributed by atoms with van der Waals surface area (Å²) in [6.07, 6.45) is 6.51. The van der Waals surface area contributed by atoms with Crippen molar-refractivity contribution in [2.45, 2.75) is 37.6 Å². The van der Waals surface area contributed by atoms with Crippen LogP contribution in [0.4, 0.5) is 0 Å². The summed E-state index contributed by atoms with van der Waals surface area (Å²) in [5.41, 5.74) is -0.416. The van der Waals surface area contributed by atoms with Gasteiger partial charge >= 0.3 is 5.97 Å². The summed E-state index contributed by atoms with van der Waals surface area (Å²) in [6, 6.07) is 5.26. The number of carbonyl (C=O) groups is 2. The smallest absolute Gasteiger partial charge is 0.329 e. The van der Waals surface area contributed by atoms with Crippen LogP contribution in [0.1, 0.15) is 37.7 Å². The van der Waals surface area contributed by atoms with Crippen molar-refractivity contribution in [1.29, 1.82) is 0 Å². The van der Waals surface area contributed by atoms with Crippen LogP contribution < -0.4 is 14.8 Å². The van der Waals surface area contributed by atoms with Crippen molar-refractivity contribution in [1.82, 2.24) is 5.32 Å². The fourth-order valence-electron chi connectivity index (χ4n) is 2.92. The number of carboxylic acids is 1. The number of amides is 1. The average Bonchev–Trinajstić information content (AvgIpc) is 2.60. The van der Waals surface area contributed by atoms with E-state index in [4.69, 9.17) is 9.47 Å². The lowest BCUT2D eigenvalue weighted by Crippen LogP contribution is -2.55. The molecule has 1 saturated carbocycles. The molecule has 0 spiro atoms. The summed E-state index contributed by atoms with van der Waals surface area (Å²) in [5, 5.41) is 12.2. The summed E-state index contributed by atoms with van der Waals surface area (Å²) >= 11 is 0. The number of carbonyl (C=O) groups excluding carboxylic acids is 1. The zero-order chi connectivity index (χ0) is 17.6. The molecule has 0 radical (unpaired) electrons. The minimum Gasteiger partial charge on any atom is -0.497 e. The van der Waals surface area contributed by atoms with Crippen LogP contribution >= 0.6 is 0 Å². The number of benzene rings is 1. The van der Waals surface area contributed by atoms with Crippen LogP contribution in [0.2, 0.25) is 0 Å². The molecular formula is C18H23NO5. The van der Waals surface area contributed by atoms with E-state index in [0.29, 0.717) is 24.3 Å². The van der Waals surface area contributed by atoms with Gasteiger partial charge in [0.2, 0.25) is 5.91 Å². The largest absolute Gasteiger partial charge is 0.497 e. The SMILES string of the molecule is COc1cc(/C=C\C(=O)NC2(C(=O)O)CCCCC2)cc(OC)c1. The van der Waals surface area contributed by atoms with Crippen molar-refractivity contribution in [3.05, 3.63) is 29.8 Å². The van der Waals surface area contributed by atoms with Gasteiger partial charge < -0.3 is 19.9 Å². The zero-order valence-corrected chi connectivity index (χ0v) is 14.0. The van der Waals surface area contributed by atoms with Crippen LogP contribution in [-0.4, -0.2) is 36.7 Å². The van der Waals surface area contributed by atoms with E-state index in [9.17, 15) is 14.7 Å². The molecule has 0 bridgehead atoms. The normalized spacial score (nSPS) is 16.6. The van der Waals surface area contributed by atoms with Crippen LogP contribution in [0.25, 0.3) is 6.08 Å². The Balaban J connectivity index is 2.11. The van der Waals surface area contributed by atoms with Gasteiger partial charge in [-0.2, -0.15) is 0 Å². The molecule has 6 nitrogen and oxygen atoms in total. The fourth-order valence-corrected chi connectivity index (χ4v) is 2.92. The van der Waals surface area contributed by atoms with Gasteiger partial charge in [0.25, 0.3) is 0 Å².